The molecule has 0 saturated carbocycles. The van der Waals surface area contributed by atoms with Crippen molar-refractivity contribution in [3.63, 3.8) is 0 Å². The van der Waals surface area contributed by atoms with Gasteiger partial charge in [0.15, 0.2) is 0 Å². The Hall–Kier alpha value is -0.860. The van der Waals surface area contributed by atoms with Gasteiger partial charge in [0.25, 0.3) is 0 Å². The van der Waals surface area contributed by atoms with E-state index < -0.39 is 0 Å². The molecule has 0 aromatic rings. The van der Waals surface area contributed by atoms with Gasteiger partial charge in [-0.25, -0.2) is 0 Å². The minimum absolute atomic E-state index is 0.000926. The molecule has 3 nitrogen and oxygen atoms in total. The number of likely N-dealkylation sites (tertiary alicyclic amines) is 1. The lowest BCUT2D eigenvalue weighted by Crippen LogP contribution is -2.37. The number of nitrogens with zero attached hydrogens (tertiary/aromatic N) is 1. The topological polar surface area (TPSA) is 37.4 Å². The second-order valence-corrected chi connectivity index (χ2v) is 3.94. The van der Waals surface area contributed by atoms with Gasteiger partial charge >= 0.3 is 0 Å². The summed E-state index contributed by atoms with van der Waals surface area (Å²) in [6.07, 6.45) is 0.759. The van der Waals surface area contributed by atoms with Crippen LogP contribution in [0.5, 0.6) is 0 Å². The molecule has 2 amide bonds. The molecule has 2 unspecified atom stereocenters. The van der Waals surface area contributed by atoms with Gasteiger partial charge in [0, 0.05) is 17.9 Å². The molecule has 2 atom stereocenters. The highest BCUT2D eigenvalue weighted by Gasteiger charge is 2.44. The molecular formula is C10H17NO2. The lowest BCUT2D eigenvalue weighted by atomic mass is 9.95. The van der Waals surface area contributed by atoms with Gasteiger partial charge in [0.05, 0.1) is 0 Å². The fourth-order valence-electron chi connectivity index (χ4n) is 1.93. The van der Waals surface area contributed by atoms with Crippen molar-refractivity contribution in [3.8, 4) is 0 Å². The van der Waals surface area contributed by atoms with Gasteiger partial charge in [0.2, 0.25) is 11.8 Å². The second kappa shape index (κ2) is 3.48. The Kier molecular flexibility index (Phi) is 2.74. The number of rotatable bonds is 2. The molecule has 74 valence electrons. The van der Waals surface area contributed by atoms with Crippen LogP contribution in [-0.2, 0) is 9.59 Å². The van der Waals surface area contributed by atoms with Crippen LogP contribution in [0.1, 0.15) is 34.1 Å². The van der Waals surface area contributed by atoms with Crippen molar-refractivity contribution < 1.29 is 9.59 Å². The molecule has 0 N–H and O–H groups in total. The van der Waals surface area contributed by atoms with Gasteiger partial charge in [-0.05, 0) is 20.3 Å². The Bertz CT molecular complexity index is 235. The molecule has 1 aliphatic rings. The van der Waals surface area contributed by atoms with E-state index >= 15 is 0 Å². The van der Waals surface area contributed by atoms with Crippen molar-refractivity contribution in [2.45, 2.75) is 40.2 Å². The third-order valence-corrected chi connectivity index (χ3v) is 2.74. The number of imide groups is 1. The first-order valence-corrected chi connectivity index (χ1v) is 4.87. The third kappa shape index (κ3) is 1.47. The van der Waals surface area contributed by atoms with Crippen LogP contribution in [0.4, 0.5) is 0 Å². The monoisotopic (exact) mass is 183 g/mol. The van der Waals surface area contributed by atoms with Crippen molar-refractivity contribution in [1.82, 2.24) is 4.90 Å². The molecule has 0 aromatic heterocycles. The fourth-order valence-corrected chi connectivity index (χ4v) is 1.93. The Morgan fingerprint density at radius 1 is 1.31 bits per heavy atom. The molecule has 1 heterocycles. The SMILES string of the molecule is CCC1C(=O)N(C(C)C)C(=O)C1C. The zero-order chi connectivity index (χ0) is 10.2. The van der Waals surface area contributed by atoms with Crippen molar-refractivity contribution >= 4 is 11.8 Å². The zero-order valence-electron chi connectivity index (χ0n) is 8.70. The first kappa shape index (κ1) is 10.2. The maximum atomic E-state index is 11.7. The summed E-state index contributed by atoms with van der Waals surface area (Å²) in [6, 6.07) is -0.000926. The van der Waals surface area contributed by atoms with Crippen molar-refractivity contribution in [2.24, 2.45) is 11.8 Å². The first-order chi connectivity index (χ1) is 6.00. The summed E-state index contributed by atoms with van der Waals surface area (Å²) < 4.78 is 0. The third-order valence-electron chi connectivity index (χ3n) is 2.74. The summed E-state index contributed by atoms with van der Waals surface area (Å²) in [5.74, 6) is -0.211. The predicted octanol–water partition coefficient (Wildman–Crippen LogP) is 1.43. The number of hydrogen-bond donors (Lipinski definition) is 0. The van der Waals surface area contributed by atoms with Gasteiger partial charge in [0.1, 0.15) is 0 Å². The molecule has 1 rings (SSSR count). The lowest BCUT2D eigenvalue weighted by molar-refractivity contribution is -0.141. The Balaban J connectivity index is 2.91. The Labute approximate surface area is 79.1 Å². The number of hydrogen-bond acceptors (Lipinski definition) is 2. The zero-order valence-corrected chi connectivity index (χ0v) is 8.70. The van der Waals surface area contributed by atoms with Crippen LogP contribution in [0.25, 0.3) is 0 Å². The molecule has 0 bridgehead atoms. The molecule has 1 aliphatic heterocycles. The normalized spacial score (nSPS) is 29.2. The summed E-state index contributed by atoms with van der Waals surface area (Å²) in [7, 11) is 0. The van der Waals surface area contributed by atoms with E-state index in [-0.39, 0.29) is 29.7 Å². The molecule has 1 fully saturated rings. The summed E-state index contributed by atoms with van der Waals surface area (Å²) in [6.45, 7) is 7.55. The summed E-state index contributed by atoms with van der Waals surface area (Å²) in [4.78, 5) is 24.7. The van der Waals surface area contributed by atoms with E-state index in [9.17, 15) is 9.59 Å². The van der Waals surface area contributed by atoms with Gasteiger partial charge < -0.3 is 0 Å². The minimum atomic E-state index is -0.125. The molecule has 13 heavy (non-hydrogen) atoms. The maximum Gasteiger partial charge on any atom is 0.233 e. The van der Waals surface area contributed by atoms with Crippen LogP contribution >= 0.6 is 0 Å². The standard InChI is InChI=1S/C10H17NO2/c1-5-8-7(4)9(12)11(6(2)3)10(8)13/h6-8H,5H2,1-4H3. The number of carbonyl (C=O) groups excluding carboxylic acids is 2. The van der Waals surface area contributed by atoms with Gasteiger partial charge in [-0.1, -0.05) is 13.8 Å². The maximum absolute atomic E-state index is 11.7. The van der Waals surface area contributed by atoms with E-state index in [1.54, 1.807) is 0 Å². The number of amides is 2. The van der Waals surface area contributed by atoms with Crippen molar-refractivity contribution in [1.29, 1.82) is 0 Å². The quantitative estimate of drug-likeness (QED) is 0.607. The van der Waals surface area contributed by atoms with E-state index in [4.69, 9.17) is 0 Å². The molecule has 0 aliphatic carbocycles. The summed E-state index contributed by atoms with van der Waals surface area (Å²) in [5.41, 5.74) is 0. The van der Waals surface area contributed by atoms with Crippen LogP contribution in [0.15, 0.2) is 0 Å². The average Bonchev–Trinajstić information content (AvgIpc) is 2.24. The lowest BCUT2D eigenvalue weighted by Gasteiger charge is -2.18. The van der Waals surface area contributed by atoms with Crippen molar-refractivity contribution in [3.05, 3.63) is 0 Å². The molecule has 1 saturated heterocycles. The average molecular weight is 183 g/mol. The minimum Gasteiger partial charge on any atom is -0.280 e. The smallest absolute Gasteiger partial charge is 0.233 e. The number of carbonyl (C=O) groups is 2. The molecule has 3 heteroatoms. The summed E-state index contributed by atoms with van der Waals surface area (Å²) in [5, 5.41) is 0. The van der Waals surface area contributed by atoms with Gasteiger partial charge in [-0.3, -0.25) is 14.5 Å². The second-order valence-electron chi connectivity index (χ2n) is 3.94. The Morgan fingerprint density at radius 3 is 2.08 bits per heavy atom. The van der Waals surface area contributed by atoms with Crippen LogP contribution in [0, 0.1) is 11.8 Å². The summed E-state index contributed by atoms with van der Waals surface area (Å²) >= 11 is 0. The first-order valence-electron chi connectivity index (χ1n) is 4.87. The van der Waals surface area contributed by atoms with E-state index in [2.05, 4.69) is 0 Å². The fraction of sp³-hybridized carbons (Fsp3) is 0.800. The van der Waals surface area contributed by atoms with Crippen LogP contribution in [0.3, 0.4) is 0 Å². The van der Waals surface area contributed by atoms with E-state index in [0.29, 0.717) is 0 Å². The van der Waals surface area contributed by atoms with Crippen LogP contribution < -0.4 is 0 Å². The molecule has 0 spiro atoms. The van der Waals surface area contributed by atoms with Gasteiger partial charge in [-0.15, -0.1) is 0 Å². The molecular weight excluding hydrogens is 166 g/mol. The highest BCUT2D eigenvalue weighted by atomic mass is 16.2. The highest BCUT2D eigenvalue weighted by Crippen LogP contribution is 2.29. The van der Waals surface area contributed by atoms with Crippen LogP contribution in [0.2, 0.25) is 0 Å². The largest absolute Gasteiger partial charge is 0.280 e. The van der Waals surface area contributed by atoms with E-state index in [1.807, 2.05) is 27.7 Å². The van der Waals surface area contributed by atoms with Gasteiger partial charge in [-0.2, -0.15) is 0 Å². The highest BCUT2D eigenvalue weighted by molar-refractivity contribution is 6.05. The Morgan fingerprint density at radius 2 is 1.85 bits per heavy atom. The van der Waals surface area contributed by atoms with E-state index in [1.165, 1.54) is 4.90 Å². The van der Waals surface area contributed by atoms with Crippen molar-refractivity contribution in [2.75, 3.05) is 0 Å². The predicted molar refractivity (Wildman–Crippen MR) is 49.9 cm³/mol. The van der Waals surface area contributed by atoms with E-state index in [0.717, 1.165) is 6.42 Å². The van der Waals surface area contributed by atoms with Crippen LogP contribution in [-0.4, -0.2) is 22.8 Å². The molecule has 0 radical (unpaired) electrons. The molecule has 0 aromatic carbocycles.